The normalized spacial score (nSPS) is 16.2. The average Bonchev–Trinajstić information content (AvgIpc) is 2.54. The van der Waals surface area contributed by atoms with E-state index in [1.54, 1.807) is 6.07 Å². The lowest BCUT2D eigenvalue weighted by atomic mass is 10.1. The molecule has 24 heavy (non-hydrogen) atoms. The van der Waals surface area contributed by atoms with Crippen molar-refractivity contribution >= 4 is 21.6 Å². The first-order valence-corrected chi connectivity index (χ1v) is 10.2. The summed E-state index contributed by atoms with van der Waals surface area (Å²) in [6, 6.07) is 7.46. The van der Waals surface area contributed by atoms with Gasteiger partial charge in [0.2, 0.25) is 15.9 Å². The Balaban J connectivity index is 2.09. The van der Waals surface area contributed by atoms with E-state index in [0.717, 1.165) is 25.1 Å². The Hall–Kier alpha value is -1.60. The van der Waals surface area contributed by atoms with E-state index >= 15 is 0 Å². The number of benzene rings is 1. The van der Waals surface area contributed by atoms with Gasteiger partial charge in [0.15, 0.2) is 0 Å². The minimum Gasteiger partial charge on any atom is -0.340 e. The van der Waals surface area contributed by atoms with Crippen LogP contribution in [0, 0.1) is 0 Å². The van der Waals surface area contributed by atoms with Gasteiger partial charge in [-0.1, -0.05) is 25.1 Å². The van der Waals surface area contributed by atoms with E-state index < -0.39 is 10.0 Å². The van der Waals surface area contributed by atoms with Crippen molar-refractivity contribution in [3.63, 3.8) is 0 Å². The van der Waals surface area contributed by atoms with E-state index in [1.807, 2.05) is 37.1 Å². The molecule has 7 heteroatoms. The molecular formula is C17H27N3O3S. The van der Waals surface area contributed by atoms with Crippen LogP contribution in [0.5, 0.6) is 0 Å². The van der Waals surface area contributed by atoms with E-state index in [-0.39, 0.29) is 18.9 Å². The Morgan fingerprint density at radius 1 is 1.17 bits per heavy atom. The maximum Gasteiger partial charge on any atom is 0.232 e. The van der Waals surface area contributed by atoms with Crippen molar-refractivity contribution in [1.29, 1.82) is 0 Å². The van der Waals surface area contributed by atoms with Crippen molar-refractivity contribution in [2.24, 2.45) is 0 Å². The lowest BCUT2D eigenvalue weighted by molar-refractivity contribution is -0.132. The Morgan fingerprint density at radius 2 is 1.79 bits per heavy atom. The fraction of sp³-hybridized carbons (Fsp3) is 0.588. The summed E-state index contributed by atoms with van der Waals surface area (Å²) in [5.74, 6) is 0.0192. The minimum absolute atomic E-state index is 0.0192. The number of hydrogen-bond acceptors (Lipinski definition) is 4. The van der Waals surface area contributed by atoms with Crippen LogP contribution in [0.2, 0.25) is 0 Å². The Kier molecular flexibility index (Phi) is 6.23. The van der Waals surface area contributed by atoms with Crippen LogP contribution < -0.4 is 4.31 Å². The number of likely N-dealkylation sites (N-methyl/N-ethyl adjacent to an activating group) is 1. The van der Waals surface area contributed by atoms with Crippen LogP contribution in [-0.2, 0) is 21.2 Å². The number of para-hydroxylation sites is 1. The molecule has 0 atom stereocenters. The molecule has 0 bridgehead atoms. The van der Waals surface area contributed by atoms with Crippen molar-refractivity contribution in [2.45, 2.75) is 19.8 Å². The van der Waals surface area contributed by atoms with Gasteiger partial charge in [0.05, 0.1) is 11.9 Å². The van der Waals surface area contributed by atoms with Crippen molar-refractivity contribution in [2.75, 3.05) is 50.3 Å². The fourth-order valence-electron chi connectivity index (χ4n) is 2.93. The molecule has 1 heterocycles. The van der Waals surface area contributed by atoms with Gasteiger partial charge in [0.25, 0.3) is 0 Å². The number of aryl methyl sites for hydroxylation is 1. The Bertz CT molecular complexity index is 667. The highest BCUT2D eigenvalue weighted by molar-refractivity contribution is 7.92. The summed E-state index contributed by atoms with van der Waals surface area (Å²) in [7, 11) is -1.39. The summed E-state index contributed by atoms with van der Waals surface area (Å²) in [4.78, 5) is 16.4. The van der Waals surface area contributed by atoms with E-state index in [0.29, 0.717) is 18.8 Å². The number of anilines is 1. The van der Waals surface area contributed by atoms with Gasteiger partial charge < -0.3 is 9.80 Å². The van der Waals surface area contributed by atoms with Gasteiger partial charge >= 0.3 is 0 Å². The first-order chi connectivity index (χ1) is 11.3. The fourth-order valence-corrected chi connectivity index (χ4v) is 3.89. The Labute approximate surface area is 145 Å². The zero-order valence-corrected chi connectivity index (χ0v) is 15.6. The molecule has 0 N–H and O–H groups in total. The topological polar surface area (TPSA) is 60.9 Å². The lowest BCUT2D eigenvalue weighted by Gasteiger charge is -2.33. The SMILES string of the molecule is CCc1ccccc1N(CCC(=O)N1CCN(C)CC1)S(C)(=O)=O. The molecule has 0 aliphatic carbocycles. The van der Waals surface area contributed by atoms with Gasteiger partial charge in [-0.05, 0) is 25.1 Å². The Morgan fingerprint density at radius 3 is 2.38 bits per heavy atom. The number of nitrogens with zero attached hydrogens (tertiary/aromatic N) is 3. The first kappa shape index (κ1) is 18.7. The average molecular weight is 353 g/mol. The molecule has 1 aliphatic heterocycles. The van der Waals surface area contributed by atoms with E-state index in [1.165, 1.54) is 10.6 Å². The zero-order chi connectivity index (χ0) is 17.7. The van der Waals surface area contributed by atoms with Crippen LogP contribution in [0.3, 0.4) is 0 Å². The van der Waals surface area contributed by atoms with Crippen molar-refractivity contribution in [3.8, 4) is 0 Å². The predicted molar refractivity (Wildman–Crippen MR) is 96.7 cm³/mol. The quantitative estimate of drug-likeness (QED) is 0.770. The third kappa shape index (κ3) is 4.70. The van der Waals surface area contributed by atoms with Gasteiger partial charge in [-0.2, -0.15) is 0 Å². The molecule has 1 amide bonds. The van der Waals surface area contributed by atoms with Crippen LogP contribution >= 0.6 is 0 Å². The van der Waals surface area contributed by atoms with Crippen LogP contribution in [-0.4, -0.2) is 70.2 Å². The summed E-state index contributed by atoms with van der Waals surface area (Å²) in [5, 5.41) is 0. The number of rotatable bonds is 6. The molecule has 0 saturated carbocycles. The molecule has 0 radical (unpaired) electrons. The van der Waals surface area contributed by atoms with Crippen LogP contribution in [0.25, 0.3) is 0 Å². The lowest BCUT2D eigenvalue weighted by Crippen LogP contribution is -2.48. The highest BCUT2D eigenvalue weighted by Gasteiger charge is 2.23. The van der Waals surface area contributed by atoms with Crippen LogP contribution in [0.1, 0.15) is 18.9 Å². The van der Waals surface area contributed by atoms with Crippen molar-refractivity contribution in [3.05, 3.63) is 29.8 Å². The maximum atomic E-state index is 12.4. The molecule has 0 unspecified atom stereocenters. The van der Waals surface area contributed by atoms with Gasteiger partial charge in [0, 0.05) is 39.1 Å². The summed E-state index contributed by atoms with van der Waals surface area (Å²) in [6.45, 7) is 5.32. The summed E-state index contributed by atoms with van der Waals surface area (Å²) >= 11 is 0. The largest absolute Gasteiger partial charge is 0.340 e. The maximum absolute atomic E-state index is 12.4. The summed E-state index contributed by atoms with van der Waals surface area (Å²) in [5.41, 5.74) is 1.64. The molecule has 2 rings (SSSR count). The van der Waals surface area contributed by atoms with E-state index in [2.05, 4.69) is 4.90 Å². The van der Waals surface area contributed by atoms with Gasteiger partial charge in [-0.25, -0.2) is 8.42 Å². The number of hydrogen-bond donors (Lipinski definition) is 0. The molecule has 1 aromatic carbocycles. The summed E-state index contributed by atoms with van der Waals surface area (Å²) in [6.07, 6.45) is 2.14. The molecular weight excluding hydrogens is 326 g/mol. The molecule has 0 spiro atoms. The van der Waals surface area contributed by atoms with Crippen molar-refractivity contribution in [1.82, 2.24) is 9.80 Å². The van der Waals surface area contributed by atoms with Crippen molar-refractivity contribution < 1.29 is 13.2 Å². The highest BCUT2D eigenvalue weighted by Crippen LogP contribution is 2.23. The number of sulfonamides is 1. The second-order valence-electron chi connectivity index (χ2n) is 6.25. The molecule has 0 aromatic heterocycles. The number of piperazine rings is 1. The molecule has 1 fully saturated rings. The monoisotopic (exact) mass is 353 g/mol. The third-order valence-electron chi connectivity index (χ3n) is 4.43. The first-order valence-electron chi connectivity index (χ1n) is 8.35. The van der Waals surface area contributed by atoms with Gasteiger partial charge in [-0.15, -0.1) is 0 Å². The van der Waals surface area contributed by atoms with E-state index in [9.17, 15) is 13.2 Å². The smallest absolute Gasteiger partial charge is 0.232 e. The van der Waals surface area contributed by atoms with Gasteiger partial charge in [0.1, 0.15) is 0 Å². The second kappa shape index (κ2) is 7.98. The predicted octanol–water partition coefficient (Wildman–Crippen LogP) is 1.18. The number of carbonyl (C=O) groups excluding carboxylic acids is 1. The molecule has 6 nitrogen and oxygen atoms in total. The molecule has 1 saturated heterocycles. The molecule has 134 valence electrons. The third-order valence-corrected chi connectivity index (χ3v) is 5.61. The second-order valence-corrected chi connectivity index (χ2v) is 8.16. The minimum atomic E-state index is -3.43. The molecule has 1 aliphatic rings. The van der Waals surface area contributed by atoms with Crippen LogP contribution in [0.4, 0.5) is 5.69 Å². The zero-order valence-electron chi connectivity index (χ0n) is 14.7. The number of carbonyl (C=O) groups is 1. The number of amides is 1. The molecule has 1 aromatic rings. The standard InChI is InChI=1S/C17H27N3O3S/c1-4-15-7-5-6-8-16(15)20(24(3,22)23)10-9-17(21)19-13-11-18(2)12-14-19/h5-8H,4,9-14H2,1-3H3. The van der Waals surface area contributed by atoms with Gasteiger partial charge in [-0.3, -0.25) is 9.10 Å². The van der Waals surface area contributed by atoms with E-state index in [4.69, 9.17) is 0 Å². The highest BCUT2D eigenvalue weighted by atomic mass is 32.2. The van der Waals surface area contributed by atoms with Crippen LogP contribution in [0.15, 0.2) is 24.3 Å². The summed E-state index contributed by atoms with van der Waals surface area (Å²) < 4.78 is 25.8.